The highest BCUT2D eigenvalue weighted by atomic mass is 32.2. The molecule has 10 nitrogen and oxygen atoms in total. The SMILES string of the molecule is CC(C)(C)OC(=O)CN1CCC(n2nc(S(C)(=O)=O)c3cc(/C=C/C4CCN(OC(=O)C(C)(C)C)CC4)ccc32)CC1. The summed E-state index contributed by atoms with van der Waals surface area (Å²) in [6.45, 7) is 14.1. The monoisotopic (exact) mass is 602 g/mol. The molecule has 3 heterocycles. The summed E-state index contributed by atoms with van der Waals surface area (Å²) in [5.41, 5.74) is 0.667. The predicted octanol–water partition coefficient (Wildman–Crippen LogP) is 4.65. The Bertz CT molecular complexity index is 1420. The molecule has 2 fully saturated rings. The highest BCUT2D eigenvalue weighted by Crippen LogP contribution is 2.31. The molecule has 2 aliphatic heterocycles. The van der Waals surface area contributed by atoms with E-state index in [1.807, 2.05) is 70.5 Å². The van der Waals surface area contributed by atoms with E-state index >= 15 is 0 Å². The molecule has 1 aromatic heterocycles. The third-order valence-electron chi connectivity index (χ3n) is 7.61. The Labute approximate surface area is 249 Å². The normalized spacial score (nSPS) is 19.0. The number of sulfone groups is 1. The van der Waals surface area contributed by atoms with Gasteiger partial charge >= 0.3 is 11.9 Å². The minimum Gasteiger partial charge on any atom is -0.459 e. The number of hydroxylamine groups is 2. The number of fused-ring (bicyclic) bond motifs is 1. The molecule has 11 heteroatoms. The van der Waals surface area contributed by atoms with Crippen LogP contribution in [-0.2, 0) is 29.0 Å². The number of hydrogen-bond acceptors (Lipinski definition) is 9. The Balaban J connectivity index is 1.43. The molecule has 1 aromatic carbocycles. The zero-order valence-electron chi connectivity index (χ0n) is 26.1. The van der Waals surface area contributed by atoms with Gasteiger partial charge in [0.2, 0.25) is 0 Å². The van der Waals surface area contributed by atoms with E-state index in [0.717, 1.165) is 36.8 Å². The van der Waals surface area contributed by atoms with Crippen molar-refractivity contribution >= 4 is 38.8 Å². The number of rotatable bonds is 7. The molecule has 0 radical (unpaired) electrons. The van der Waals surface area contributed by atoms with E-state index in [1.54, 1.807) is 5.06 Å². The molecule has 4 rings (SSSR count). The number of carbonyl (C=O) groups excluding carboxylic acids is 2. The van der Waals surface area contributed by atoms with Crippen LogP contribution in [0.3, 0.4) is 0 Å². The summed E-state index contributed by atoms with van der Waals surface area (Å²) in [6, 6.07) is 5.90. The molecule has 0 unspecified atom stereocenters. The van der Waals surface area contributed by atoms with E-state index in [2.05, 4.69) is 16.1 Å². The fourth-order valence-corrected chi connectivity index (χ4v) is 6.12. The molecule has 2 aliphatic rings. The highest BCUT2D eigenvalue weighted by molar-refractivity contribution is 7.90. The van der Waals surface area contributed by atoms with Gasteiger partial charge in [0, 0.05) is 37.8 Å². The van der Waals surface area contributed by atoms with Crippen LogP contribution in [0, 0.1) is 11.3 Å². The van der Waals surface area contributed by atoms with Gasteiger partial charge in [0.1, 0.15) is 5.60 Å². The number of benzene rings is 1. The summed E-state index contributed by atoms with van der Waals surface area (Å²) in [5, 5.41) is 7.08. The number of piperidine rings is 2. The highest BCUT2D eigenvalue weighted by Gasteiger charge is 2.29. The first-order valence-corrected chi connectivity index (χ1v) is 16.7. The van der Waals surface area contributed by atoms with Crippen molar-refractivity contribution in [1.29, 1.82) is 0 Å². The smallest absolute Gasteiger partial charge is 0.330 e. The topological polar surface area (TPSA) is 111 Å². The van der Waals surface area contributed by atoms with Gasteiger partial charge in [-0.3, -0.25) is 14.4 Å². The van der Waals surface area contributed by atoms with E-state index in [-0.39, 0.29) is 29.6 Å². The molecular weight excluding hydrogens is 556 g/mol. The molecule has 232 valence electrons. The van der Waals surface area contributed by atoms with Crippen LogP contribution in [0.1, 0.15) is 78.8 Å². The number of allylic oxidation sites excluding steroid dienone is 1. The number of nitrogens with zero attached hydrogens (tertiary/aromatic N) is 4. The van der Waals surface area contributed by atoms with Crippen molar-refractivity contribution in [1.82, 2.24) is 19.7 Å². The zero-order valence-corrected chi connectivity index (χ0v) is 26.9. The lowest BCUT2D eigenvalue weighted by atomic mass is 9.96. The van der Waals surface area contributed by atoms with Gasteiger partial charge in [-0.2, -0.15) is 5.10 Å². The maximum atomic E-state index is 12.7. The summed E-state index contributed by atoms with van der Waals surface area (Å²) in [7, 11) is -3.54. The Morgan fingerprint density at radius 3 is 2.21 bits per heavy atom. The number of ether oxygens (including phenoxy) is 1. The van der Waals surface area contributed by atoms with Crippen LogP contribution in [0.15, 0.2) is 29.3 Å². The first-order valence-electron chi connectivity index (χ1n) is 14.8. The van der Waals surface area contributed by atoms with Gasteiger partial charge in [-0.05, 0) is 90.8 Å². The van der Waals surface area contributed by atoms with Crippen LogP contribution >= 0.6 is 0 Å². The minimum absolute atomic E-state index is 0.0387. The molecule has 0 saturated carbocycles. The maximum absolute atomic E-state index is 12.7. The largest absolute Gasteiger partial charge is 0.459 e. The standard InChI is InChI=1S/C31H46N4O6S/c1-30(2,3)29(37)41-34-18-12-22(13-19-34)8-9-23-10-11-26-25(20-23)28(42(7,38)39)32-35(26)24-14-16-33(17-15-24)21-27(36)40-31(4,5)6/h8-11,20,22,24H,12-19,21H2,1-7H3/b9-8+. The maximum Gasteiger partial charge on any atom is 0.330 e. The van der Waals surface area contributed by atoms with E-state index in [1.165, 1.54) is 6.26 Å². The molecule has 0 atom stereocenters. The van der Waals surface area contributed by atoms with Gasteiger partial charge in [0.25, 0.3) is 0 Å². The van der Waals surface area contributed by atoms with Crippen LogP contribution in [0.5, 0.6) is 0 Å². The summed E-state index contributed by atoms with van der Waals surface area (Å²) < 4.78 is 32.8. The van der Waals surface area contributed by atoms with Gasteiger partial charge < -0.3 is 9.57 Å². The first kappa shape index (κ1) is 32.2. The van der Waals surface area contributed by atoms with Crippen LogP contribution in [0.25, 0.3) is 17.0 Å². The summed E-state index contributed by atoms with van der Waals surface area (Å²) in [6.07, 6.45) is 8.66. The predicted molar refractivity (Wildman–Crippen MR) is 162 cm³/mol. The van der Waals surface area contributed by atoms with Crippen LogP contribution < -0.4 is 0 Å². The Kier molecular flexibility index (Phi) is 9.54. The van der Waals surface area contributed by atoms with Crippen LogP contribution in [-0.4, -0.2) is 84.7 Å². The van der Waals surface area contributed by atoms with Gasteiger partial charge in [0.15, 0.2) is 14.9 Å². The average molecular weight is 603 g/mol. The Hall–Kier alpha value is -2.76. The average Bonchev–Trinajstić information content (AvgIpc) is 3.26. The van der Waals surface area contributed by atoms with E-state index < -0.39 is 20.9 Å². The van der Waals surface area contributed by atoms with Gasteiger partial charge in [-0.25, -0.2) is 13.2 Å². The third-order valence-corrected chi connectivity index (χ3v) is 8.61. The second-order valence-corrected chi connectivity index (χ2v) is 15.6. The molecule has 2 aromatic rings. The van der Waals surface area contributed by atoms with Crippen molar-refractivity contribution in [2.24, 2.45) is 11.3 Å². The second kappa shape index (κ2) is 12.5. The molecule has 0 spiro atoms. The molecule has 42 heavy (non-hydrogen) atoms. The Morgan fingerprint density at radius 1 is 1.00 bits per heavy atom. The first-order chi connectivity index (χ1) is 19.5. The number of esters is 1. The number of carbonyl (C=O) groups is 2. The van der Waals surface area contributed by atoms with Crippen molar-refractivity contribution in [2.75, 3.05) is 39.0 Å². The molecule has 0 amide bonds. The number of likely N-dealkylation sites (tertiary alicyclic amines) is 1. The van der Waals surface area contributed by atoms with Crippen LogP contribution in [0.4, 0.5) is 0 Å². The lowest BCUT2D eigenvalue weighted by Gasteiger charge is -2.32. The summed E-state index contributed by atoms with van der Waals surface area (Å²) in [4.78, 5) is 32.1. The molecule has 0 N–H and O–H groups in total. The van der Waals surface area contributed by atoms with Crippen molar-refractivity contribution in [3.05, 3.63) is 29.8 Å². The fraction of sp³-hybridized carbons (Fsp3) is 0.645. The fourth-order valence-electron chi connectivity index (χ4n) is 5.33. The number of aromatic nitrogens is 2. The van der Waals surface area contributed by atoms with Crippen molar-refractivity contribution in [3.63, 3.8) is 0 Å². The Morgan fingerprint density at radius 2 is 1.64 bits per heavy atom. The van der Waals surface area contributed by atoms with Gasteiger partial charge in [-0.1, -0.05) is 18.2 Å². The third kappa shape index (κ3) is 8.41. The summed E-state index contributed by atoms with van der Waals surface area (Å²) >= 11 is 0. The second-order valence-electron chi connectivity index (χ2n) is 13.6. The lowest BCUT2D eigenvalue weighted by molar-refractivity contribution is -0.205. The van der Waals surface area contributed by atoms with E-state index in [0.29, 0.717) is 37.5 Å². The quantitative estimate of drug-likeness (QED) is 0.418. The van der Waals surface area contributed by atoms with E-state index in [9.17, 15) is 18.0 Å². The van der Waals surface area contributed by atoms with Crippen molar-refractivity contribution in [3.8, 4) is 0 Å². The van der Waals surface area contributed by atoms with Crippen LogP contribution in [0.2, 0.25) is 0 Å². The number of hydrogen-bond donors (Lipinski definition) is 0. The minimum atomic E-state index is -3.54. The molecular formula is C31H46N4O6S. The summed E-state index contributed by atoms with van der Waals surface area (Å²) in [5.74, 6) is -0.119. The van der Waals surface area contributed by atoms with Crippen molar-refractivity contribution in [2.45, 2.75) is 83.9 Å². The lowest BCUT2D eigenvalue weighted by Crippen LogP contribution is -2.40. The zero-order chi connectivity index (χ0) is 30.9. The van der Waals surface area contributed by atoms with Gasteiger partial charge in [-0.15, -0.1) is 5.06 Å². The van der Waals surface area contributed by atoms with Crippen molar-refractivity contribution < 1.29 is 27.6 Å². The molecule has 2 saturated heterocycles. The molecule has 0 aliphatic carbocycles. The van der Waals surface area contributed by atoms with Gasteiger partial charge in [0.05, 0.1) is 23.5 Å². The molecule has 0 bridgehead atoms. The van der Waals surface area contributed by atoms with E-state index in [4.69, 9.17) is 9.57 Å².